The van der Waals surface area contributed by atoms with Crippen molar-refractivity contribution in [1.82, 2.24) is 9.13 Å². The average Bonchev–Trinajstić information content (AvgIpc) is 3.64. The van der Waals surface area contributed by atoms with Gasteiger partial charge in [0.15, 0.2) is 10.5 Å². The lowest BCUT2D eigenvalue weighted by Gasteiger charge is -2.11. The molecule has 0 saturated heterocycles. The maximum Gasteiger partial charge on any atom is 0.269 e. The van der Waals surface area contributed by atoms with Crippen LogP contribution < -0.4 is 24.4 Å². The Labute approximate surface area is 276 Å². The summed E-state index contributed by atoms with van der Waals surface area (Å²) < 4.78 is 8.05. The molecule has 230 valence electrons. The van der Waals surface area contributed by atoms with Crippen molar-refractivity contribution in [3.8, 4) is 27.6 Å². The summed E-state index contributed by atoms with van der Waals surface area (Å²) in [6.45, 7) is 8.59. The van der Waals surface area contributed by atoms with Crippen molar-refractivity contribution >= 4 is 58.4 Å². The van der Waals surface area contributed by atoms with Gasteiger partial charge in [0, 0.05) is 30.0 Å². The van der Waals surface area contributed by atoms with Crippen LogP contribution in [0, 0.1) is 3.95 Å². The fourth-order valence-corrected chi connectivity index (χ4v) is 8.90. The third kappa shape index (κ3) is 7.07. The Balaban J connectivity index is 1.74. The van der Waals surface area contributed by atoms with Crippen LogP contribution in [0.2, 0.25) is 0 Å². The van der Waals surface area contributed by atoms with Gasteiger partial charge in [0.2, 0.25) is 5.69 Å². The minimum absolute atomic E-state index is 0.0447. The fraction of sp³-hybridized carbons (Fsp3) is 0.343. The maximum atomic E-state index is 13.8. The van der Waals surface area contributed by atoms with Crippen LogP contribution in [-0.2, 0) is 19.6 Å². The van der Waals surface area contributed by atoms with Crippen LogP contribution in [0.4, 0.5) is 0 Å². The van der Waals surface area contributed by atoms with E-state index in [0.29, 0.717) is 26.5 Å². The van der Waals surface area contributed by atoms with Gasteiger partial charge in [-0.05, 0) is 54.7 Å². The van der Waals surface area contributed by atoms with Crippen molar-refractivity contribution in [2.45, 2.75) is 78.9 Å². The molecule has 5 rings (SSSR count). The number of aromatic nitrogens is 3. The van der Waals surface area contributed by atoms with Crippen molar-refractivity contribution in [2.75, 3.05) is 0 Å². The molecule has 0 spiro atoms. The van der Waals surface area contributed by atoms with Gasteiger partial charge in [0.25, 0.3) is 10.6 Å². The summed E-state index contributed by atoms with van der Waals surface area (Å²) in [6.07, 6.45) is 9.86. The Morgan fingerprint density at radius 1 is 0.795 bits per heavy atom. The Bertz CT molecular complexity index is 1930. The first-order valence-electron chi connectivity index (χ1n) is 15.5. The van der Waals surface area contributed by atoms with E-state index in [9.17, 15) is 9.90 Å². The summed E-state index contributed by atoms with van der Waals surface area (Å²) in [7, 11) is 0. The summed E-state index contributed by atoms with van der Waals surface area (Å²) in [5.74, 6) is -0.0949. The highest BCUT2D eigenvalue weighted by Crippen LogP contribution is 2.36. The molecule has 2 aromatic carbocycles. The highest BCUT2D eigenvalue weighted by Gasteiger charge is 2.27. The second-order valence-electron chi connectivity index (χ2n) is 10.8. The highest BCUT2D eigenvalue weighted by molar-refractivity contribution is 7.73. The number of rotatable bonds is 13. The first-order valence-corrected chi connectivity index (χ1v) is 18.3. The zero-order valence-corrected chi connectivity index (χ0v) is 28.8. The molecular formula is C35H39N3O2S4. The lowest BCUT2D eigenvalue weighted by Crippen LogP contribution is -2.38. The lowest BCUT2D eigenvalue weighted by molar-refractivity contribution is -0.683. The molecule has 0 aliphatic rings. The third-order valence-electron chi connectivity index (χ3n) is 7.57. The Kier molecular flexibility index (Phi) is 11.2. The standard InChI is InChI=1S/C35H39N3O2S4/c1-4-7-20-36-29(44-32(26-18-14-11-15-19-26)31(36)25-16-12-10-13-17-25)24-30-37(21-8-5-2)33(39)27(42-30)23-28-34(40)38(22-9-6-3)35(41)43-28/h10-19,23-24H,4-9,20-22H2,1-3H3. The minimum atomic E-state index is -0.0949. The molecule has 0 N–H and O–H groups in total. The minimum Gasteiger partial charge on any atom is -0.859 e. The largest absolute Gasteiger partial charge is 0.859 e. The van der Waals surface area contributed by atoms with Crippen molar-refractivity contribution in [3.05, 3.63) is 94.1 Å². The zero-order chi connectivity index (χ0) is 31.1. The van der Waals surface area contributed by atoms with Crippen LogP contribution in [0.15, 0.2) is 65.5 Å². The fourth-order valence-electron chi connectivity index (χ4n) is 5.16. The van der Waals surface area contributed by atoms with Crippen molar-refractivity contribution < 1.29 is 9.67 Å². The van der Waals surface area contributed by atoms with Gasteiger partial charge in [0.05, 0.1) is 10.6 Å². The predicted octanol–water partition coefficient (Wildman–Crippen LogP) is 7.32. The third-order valence-corrected chi connectivity index (χ3v) is 11.2. The Morgan fingerprint density at radius 2 is 1.41 bits per heavy atom. The number of thiazole rings is 3. The summed E-state index contributed by atoms with van der Waals surface area (Å²) in [6, 6.07) is 21.2. The first-order chi connectivity index (χ1) is 21.5. The monoisotopic (exact) mass is 661 g/mol. The molecule has 9 heteroatoms. The van der Waals surface area contributed by atoms with Gasteiger partial charge in [0.1, 0.15) is 9.54 Å². The summed E-state index contributed by atoms with van der Waals surface area (Å²) in [5.41, 5.74) is 3.52. The van der Waals surface area contributed by atoms with Gasteiger partial charge in [-0.15, -0.1) is 22.7 Å². The molecule has 0 amide bonds. The molecule has 0 atom stereocenters. The smallest absolute Gasteiger partial charge is 0.269 e. The molecule has 0 saturated carbocycles. The van der Waals surface area contributed by atoms with Gasteiger partial charge < -0.3 is 9.67 Å². The number of benzene rings is 2. The molecule has 0 aliphatic heterocycles. The predicted molar refractivity (Wildman–Crippen MR) is 188 cm³/mol. The molecule has 0 unspecified atom stereocenters. The first kappa shape index (κ1) is 32.3. The normalized spacial score (nSPS) is 12.4. The maximum absolute atomic E-state index is 13.8. The van der Waals surface area contributed by atoms with Gasteiger partial charge in [-0.1, -0.05) is 99.9 Å². The number of hydrogen-bond acceptors (Lipinski definition) is 6. The van der Waals surface area contributed by atoms with Gasteiger partial charge in [-0.25, -0.2) is 0 Å². The van der Waals surface area contributed by atoms with E-state index in [2.05, 4.69) is 92.1 Å². The zero-order valence-electron chi connectivity index (χ0n) is 25.6. The van der Waals surface area contributed by atoms with E-state index in [0.717, 1.165) is 54.7 Å². The van der Waals surface area contributed by atoms with Crippen molar-refractivity contribution in [3.63, 3.8) is 0 Å². The summed E-state index contributed by atoms with van der Waals surface area (Å²) >= 11 is 10.1. The van der Waals surface area contributed by atoms with Crippen molar-refractivity contribution in [2.24, 2.45) is 0 Å². The SMILES string of the molecule is CCCCn1c([O-])c(C=c2sc(=Cc3sc(-c4ccccc4)c(-c4ccccc4)[n+]3CCCC)n(CCCC)c2=O)sc1=S. The second kappa shape index (κ2) is 15.3. The van der Waals surface area contributed by atoms with E-state index in [-0.39, 0.29) is 11.4 Å². The van der Waals surface area contributed by atoms with Crippen LogP contribution in [-0.4, -0.2) is 9.13 Å². The highest BCUT2D eigenvalue weighted by atomic mass is 32.1. The summed E-state index contributed by atoms with van der Waals surface area (Å²) in [4.78, 5) is 15.6. The van der Waals surface area contributed by atoms with Crippen LogP contribution in [0.5, 0.6) is 5.88 Å². The van der Waals surface area contributed by atoms with Gasteiger partial charge in [-0.2, -0.15) is 4.57 Å². The molecule has 0 bridgehead atoms. The molecular weight excluding hydrogens is 623 g/mol. The molecule has 3 heterocycles. The van der Waals surface area contributed by atoms with E-state index in [4.69, 9.17) is 12.2 Å². The van der Waals surface area contributed by atoms with E-state index >= 15 is 0 Å². The van der Waals surface area contributed by atoms with E-state index < -0.39 is 0 Å². The molecule has 0 aliphatic carbocycles. The number of unbranched alkanes of at least 4 members (excludes halogenated alkanes) is 3. The summed E-state index contributed by atoms with van der Waals surface area (Å²) in [5, 5.41) is 14.3. The average molecular weight is 662 g/mol. The lowest BCUT2D eigenvalue weighted by atomic mass is 10.1. The topological polar surface area (TPSA) is 53.9 Å². The van der Waals surface area contributed by atoms with Crippen LogP contribution >= 0.6 is 46.2 Å². The van der Waals surface area contributed by atoms with Gasteiger partial charge >= 0.3 is 0 Å². The molecule has 0 fully saturated rings. The van der Waals surface area contributed by atoms with Crippen LogP contribution in [0.3, 0.4) is 0 Å². The molecule has 5 nitrogen and oxygen atoms in total. The Morgan fingerprint density at radius 3 is 2.05 bits per heavy atom. The number of hydrogen-bond donors (Lipinski definition) is 0. The second-order valence-corrected chi connectivity index (χ2v) is 14.6. The van der Waals surface area contributed by atoms with Crippen molar-refractivity contribution in [1.29, 1.82) is 0 Å². The van der Waals surface area contributed by atoms with E-state index in [1.807, 2.05) is 4.57 Å². The molecule has 0 radical (unpaired) electrons. The van der Waals surface area contributed by atoms with Gasteiger partial charge in [-0.3, -0.25) is 9.36 Å². The van der Waals surface area contributed by atoms with Crippen LogP contribution in [0.25, 0.3) is 33.9 Å². The molecule has 5 aromatic rings. The number of nitrogens with zero attached hydrogens (tertiary/aromatic N) is 3. The quantitative estimate of drug-likeness (QED) is 0.0982. The Hall–Kier alpha value is -3.11. The van der Waals surface area contributed by atoms with E-state index in [1.54, 1.807) is 22.0 Å². The van der Waals surface area contributed by atoms with E-state index in [1.165, 1.54) is 44.4 Å². The molecule has 44 heavy (non-hydrogen) atoms. The van der Waals surface area contributed by atoms with Crippen LogP contribution in [0.1, 0.15) is 69.2 Å². The molecule has 3 aromatic heterocycles.